The summed E-state index contributed by atoms with van der Waals surface area (Å²) in [5.41, 5.74) is 0.706. The second kappa shape index (κ2) is 4.67. The second-order valence-corrected chi connectivity index (χ2v) is 6.12. The molecule has 0 bridgehead atoms. The van der Waals surface area contributed by atoms with Gasteiger partial charge in [-0.2, -0.15) is 9.40 Å². The number of hydrogen-bond acceptors (Lipinski definition) is 5. The smallest absolute Gasteiger partial charge is 0.262 e. The Balaban J connectivity index is 2.26. The molecule has 1 unspecified atom stereocenters. The third-order valence-electron chi connectivity index (χ3n) is 2.71. The van der Waals surface area contributed by atoms with Crippen molar-refractivity contribution in [3.05, 3.63) is 17.8 Å². The zero-order valence-corrected chi connectivity index (χ0v) is 10.7. The van der Waals surface area contributed by atoms with E-state index in [-0.39, 0.29) is 11.1 Å². The fourth-order valence-electron chi connectivity index (χ4n) is 1.77. The fourth-order valence-corrected chi connectivity index (χ4v) is 3.17. The van der Waals surface area contributed by atoms with Gasteiger partial charge in [-0.25, -0.2) is 8.42 Å². The maximum atomic E-state index is 12.2. The van der Waals surface area contributed by atoms with Crippen LogP contribution in [0.1, 0.15) is 12.6 Å². The van der Waals surface area contributed by atoms with Crippen molar-refractivity contribution in [1.82, 2.24) is 19.8 Å². The van der Waals surface area contributed by atoms with Gasteiger partial charge in [-0.1, -0.05) is 0 Å². The lowest BCUT2D eigenvalue weighted by molar-refractivity contribution is 0.309. The van der Waals surface area contributed by atoms with Crippen LogP contribution in [0, 0.1) is 6.92 Å². The number of hydrogen-bond donors (Lipinski definition) is 1. The lowest BCUT2D eigenvalue weighted by Gasteiger charge is -2.30. The monoisotopic (exact) mass is 256 g/mol. The van der Waals surface area contributed by atoms with Crippen LogP contribution in [0.3, 0.4) is 0 Å². The molecule has 0 spiro atoms. The van der Waals surface area contributed by atoms with Crippen molar-refractivity contribution >= 4 is 10.0 Å². The Morgan fingerprint density at radius 2 is 2.18 bits per heavy atom. The van der Waals surface area contributed by atoms with E-state index in [0.29, 0.717) is 25.3 Å². The van der Waals surface area contributed by atoms with Gasteiger partial charge in [0.1, 0.15) is 0 Å². The van der Waals surface area contributed by atoms with Crippen LogP contribution in [0.25, 0.3) is 0 Å². The normalized spacial score (nSPS) is 22.6. The SMILES string of the molecule is Cc1ccc(S(=O)(=O)N2CCNC(C)C2)nn1. The molecule has 7 heteroatoms. The number of aryl methyl sites for hydroxylation is 1. The minimum Gasteiger partial charge on any atom is -0.312 e. The Labute approximate surface area is 101 Å². The van der Waals surface area contributed by atoms with Crippen molar-refractivity contribution in [3.8, 4) is 0 Å². The number of sulfonamides is 1. The van der Waals surface area contributed by atoms with Crippen molar-refractivity contribution in [3.63, 3.8) is 0 Å². The zero-order chi connectivity index (χ0) is 12.5. The Hall–Kier alpha value is -1.05. The molecule has 17 heavy (non-hydrogen) atoms. The summed E-state index contributed by atoms with van der Waals surface area (Å²) < 4.78 is 25.9. The zero-order valence-electron chi connectivity index (χ0n) is 9.92. The maximum absolute atomic E-state index is 12.2. The highest BCUT2D eigenvalue weighted by Gasteiger charge is 2.29. The summed E-state index contributed by atoms with van der Waals surface area (Å²) in [4.78, 5) is 0. The predicted octanol–water partition coefficient (Wildman–Crippen LogP) is -0.233. The van der Waals surface area contributed by atoms with Gasteiger partial charge >= 0.3 is 0 Å². The summed E-state index contributed by atoms with van der Waals surface area (Å²) in [7, 11) is -3.49. The second-order valence-electron chi connectivity index (χ2n) is 4.23. The van der Waals surface area contributed by atoms with E-state index in [1.807, 2.05) is 6.92 Å². The van der Waals surface area contributed by atoms with Gasteiger partial charge < -0.3 is 5.32 Å². The molecule has 0 radical (unpaired) electrons. The van der Waals surface area contributed by atoms with E-state index in [1.165, 1.54) is 10.4 Å². The van der Waals surface area contributed by atoms with E-state index < -0.39 is 10.0 Å². The van der Waals surface area contributed by atoms with E-state index in [1.54, 1.807) is 13.0 Å². The standard InChI is InChI=1S/C10H16N4O2S/c1-8-3-4-10(13-12-8)17(15,16)14-6-5-11-9(2)7-14/h3-4,9,11H,5-7H2,1-2H3. The average Bonchev–Trinajstić information content (AvgIpc) is 2.29. The van der Waals surface area contributed by atoms with Crippen LogP contribution < -0.4 is 5.32 Å². The molecule has 1 aromatic heterocycles. The summed E-state index contributed by atoms with van der Waals surface area (Å²) >= 11 is 0. The number of nitrogens with one attached hydrogen (secondary N) is 1. The van der Waals surface area contributed by atoms with Gasteiger partial charge in [0.05, 0.1) is 5.69 Å². The third-order valence-corrected chi connectivity index (χ3v) is 4.47. The van der Waals surface area contributed by atoms with Gasteiger partial charge in [0.2, 0.25) is 0 Å². The van der Waals surface area contributed by atoms with E-state index in [9.17, 15) is 8.42 Å². The minimum atomic E-state index is -3.49. The van der Waals surface area contributed by atoms with Crippen molar-refractivity contribution in [2.24, 2.45) is 0 Å². The van der Waals surface area contributed by atoms with Crippen molar-refractivity contribution in [1.29, 1.82) is 0 Å². The highest BCUT2D eigenvalue weighted by Crippen LogP contribution is 2.14. The maximum Gasteiger partial charge on any atom is 0.262 e. The molecule has 6 nitrogen and oxygen atoms in total. The molecule has 94 valence electrons. The Morgan fingerprint density at radius 3 is 2.76 bits per heavy atom. The number of aromatic nitrogens is 2. The summed E-state index contributed by atoms with van der Waals surface area (Å²) in [6, 6.07) is 3.33. The topological polar surface area (TPSA) is 75.2 Å². The molecule has 0 aromatic carbocycles. The third kappa shape index (κ3) is 2.62. The van der Waals surface area contributed by atoms with E-state index in [4.69, 9.17) is 0 Å². The average molecular weight is 256 g/mol. The molecule has 1 aromatic rings. The molecule has 1 aliphatic rings. The van der Waals surface area contributed by atoms with E-state index in [0.717, 1.165) is 0 Å². The molecule has 2 rings (SSSR count). The summed E-state index contributed by atoms with van der Waals surface area (Å²) in [5.74, 6) is 0. The van der Waals surface area contributed by atoms with Gasteiger partial charge in [-0.15, -0.1) is 5.10 Å². The van der Waals surface area contributed by atoms with Crippen LogP contribution in [0.5, 0.6) is 0 Å². The molecule has 1 atom stereocenters. The van der Waals surface area contributed by atoms with Crippen LogP contribution in [-0.2, 0) is 10.0 Å². The Bertz CT molecular complexity index is 486. The molecule has 1 N–H and O–H groups in total. The molecule has 0 aliphatic carbocycles. The number of rotatable bonds is 2. The summed E-state index contributed by atoms with van der Waals surface area (Å²) in [6.07, 6.45) is 0. The Morgan fingerprint density at radius 1 is 1.41 bits per heavy atom. The van der Waals surface area contributed by atoms with Gasteiger partial charge in [0.15, 0.2) is 5.03 Å². The first-order chi connectivity index (χ1) is 8.00. The van der Waals surface area contributed by atoms with Gasteiger partial charge in [-0.05, 0) is 26.0 Å². The highest BCUT2D eigenvalue weighted by atomic mass is 32.2. The predicted molar refractivity (Wildman–Crippen MR) is 63.0 cm³/mol. The minimum absolute atomic E-state index is 0.0252. The lowest BCUT2D eigenvalue weighted by atomic mass is 10.3. The number of nitrogens with zero attached hydrogens (tertiary/aromatic N) is 3. The van der Waals surface area contributed by atoms with Crippen molar-refractivity contribution in [2.75, 3.05) is 19.6 Å². The first-order valence-electron chi connectivity index (χ1n) is 5.54. The molecule has 1 aliphatic heterocycles. The molecule has 1 saturated heterocycles. The van der Waals surface area contributed by atoms with E-state index >= 15 is 0 Å². The van der Waals surface area contributed by atoms with Crippen LogP contribution in [0.15, 0.2) is 17.2 Å². The van der Waals surface area contributed by atoms with E-state index in [2.05, 4.69) is 15.5 Å². The van der Waals surface area contributed by atoms with Crippen LogP contribution >= 0.6 is 0 Å². The van der Waals surface area contributed by atoms with Crippen molar-refractivity contribution in [2.45, 2.75) is 24.9 Å². The quantitative estimate of drug-likeness (QED) is 0.791. The molecule has 0 saturated carbocycles. The van der Waals surface area contributed by atoms with Crippen LogP contribution in [0.2, 0.25) is 0 Å². The summed E-state index contributed by atoms with van der Waals surface area (Å²) in [5, 5.41) is 10.8. The Kier molecular flexibility index (Phi) is 3.41. The number of piperazine rings is 1. The molecule has 2 heterocycles. The van der Waals surface area contributed by atoms with Gasteiger partial charge in [0.25, 0.3) is 10.0 Å². The molecular formula is C10H16N4O2S. The largest absolute Gasteiger partial charge is 0.312 e. The molecule has 1 fully saturated rings. The van der Waals surface area contributed by atoms with Gasteiger partial charge in [-0.3, -0.25) is 0 Å². The fraction of sp³-hybridized carbons (Fsp3) is 0.600. The van der Waals surface area contributed by atoms with Crippen LogP contribution in [0.4, 0.5) is 0 Å². The summed E-state index contributed by atoms with van der Waals surface area (Å²) in [6.45, 7) is 5.35. The van der Waals surface area contributed by atoms with Crippen molar-refractivity contribution < 1.29 is 8.42 Å². The lowest BCUT2D eigenvalue weighted by Crippen LogP contribution is -2.51. The first-order valence-corrected chi connectivity index (χ1v) is 6.98. The van der Waals surface area contributed by atoms with Gasteiger partial charge in [0, 0.05) is 25.7 Å². The molecule has 0 amide bonds. The van der Waals surface area contributed by atoms with Crippen LogP contribution in [-0.4, -0.2) is 48.6 Å². The highest BCUT2D eigenvalue weighted by molar-refractivity contribution is 7.89. The first kappa shape index (κ1) is 12.4. The molecular weight excluding hydrogens is 240 g/mol.